The Balaban J connectivity index is 1.68. The smallest absolute Gasteiger partial charge is 0.126 e. The number of nitrogens with one attached hydrogen (secondary N) is 1. The summed E-state index contributed by atoms with van der Waals surface area (Å²) >= 11 is 0. The third-order valence-corrected chi connectivity index (χ3v) is 3.78. The van der Waals surface area contributed by atoms with Crippen LogP contribution in [0.1, 0.15) is 12.8 Å². The lowest BCUT2D eigenvalue weighted by atomic mass is 9.84. The van der Waals surface area contributed by atoms with E-state index in [1.807, 2.05) is 12.1 Å². The summed E-state index contributed by atoms with van der Waals surface area (Å²) in [6.45, 7) is 3.72. The fraction of sp³-hybridized carbons (Fsp3) is 0.583. The van der Waals surface area contributed by atoms with Crippen molar-refractivity contribution in [3.05, 3.63) is 18.3 Å². The maximum absolute atomic E-state index is 5.62. The Bertz CT molecular complexity index is 354. The normalized spacial score (nSPS) is 32.6. The van der Waals surface area contributed by atoms with Crippen LogP contribution >= 0.6 is 0 Å². The van der Waals surface area contributed by atoms with Crippen LogP contribution in [0.25, 0.3) is 0 Å². The molecule has 2 bridgehead atoms. The average Bonchev–Trinajstić information content (AvgIpc) is 2.34. The van der Waals surface area contributed by atoms with Gasteiger partial charge in [-0.05, 0) is 44.0 Å². The largest absolute Gasteiger partial charge is 0.397 e. The highest BCUT2D eigenvalue weighted by Gasteiger charge is 2.33. The summed E-state index contributed by atoms with van der Waals surface area (Å²) in [6.07, 6.45) is 4.36. The summed E-state index contributed by atoms with van der Waals surface area (Å²) in [5.74, 6) is 1.78. The predicted octanol–water partition coefficient (Wildman–Crippen LogP) is 1.17. The molecule has 0 amide bonds. The zero-order chi connectivity index (χ0) is 11.0. The quantitative estimate of drug-likeness (QED) is 0.782. The van der Waals surface area contributed by atoms with E-state index in [0.29, 0.717) is 6.04 Å². The fourth-order valence-electron chi connectivity index (χ4n) is 2.81. The zero-order valence-electron chi connectivity index (χ0n) is 9.39. The third kappa shape index (κ3) is 1.85. The van der Waals surface area contributed by atoms with Crippen LogP contribution < -0.4 is 11.1 Å². The minimum absolute atomic E-state index is 0.568. The highest BCUT2D eigenvalue weighted by atomic mass is 15.2. The van der Waals surface area contributed by atoms with Gasteiger partial charge in [-0.2, -0.15) is 0 Å². The monoisotopic (exact) mass is 218 g/mol. The molecule has 4 nitrogen and oxygen atoms in total. The van der Waals surface area contributed by atoms with Crippen molar-refractivity contribution in [3.63, 3.8) is 0 Å². The number of piperidine rings is 3. The molecule has 3 saturated heterocycles. The molecule has 1 aromatic rings. The SMILES string of the molecule is Nc1ccc(NC2CN3CCC2CC3)nc1. The van der Waals surface area contributed by atoms with Crippen molar-refractivity contribution in [2.24, 2.45) is 5.92 Å². The molecule has 0 spiro atoms. The Labute approximate surface area is 95.8 Å². The molecule has 3 aliphatic rings. The van der Waals surface area contributed by atoms with Crippen LogP contribution in [-0.2, 0) is 0 Å². The van der Waals surface area contributed by atoms with Crippen molar-refractivity contribution < 1.29 is 0 Å². The summed E-state index contributed by atoms with van der Waals surface area (Å²) in [6, 6.07) is 4.43. The number of nitrogens with two attached hydrogens (primary N) is 1. The van der Waals surface area contributed by atoms with Gasteiger partial charge < -0.3 is 16.0 Å². The van der Waals surface area contributed by atoms with Crippen molar-refractivity contribution in [2.45, 2.75) is 18.9 Å². The van der Waals surface area contributed by atoms with E-state index in [4.69, 9.17) is 5.73 Å². The predicted molar refractivity (Wildman–Crippen MR) is 65.2 cm³/mol. The molecule has 1 unspecified atom stereocenters. The van der Waals surface area contributed by atoms with E-state index in [2.05, 4.69) is 15.2 Å². The zero-order valence-corrected chi connectivity index (χ0v) is 9.39. The highest BCUT2D eigenvalue weighted by Crippen LogP contribution is 2.29. The summed E-state index contributed by atoms with van der Waals surface area (Å²) in [4.78, 5) is 6.84. The molecule has 86 valence electrons. The Morgan fingerprint density at radius 1 is 1.31 bits per heavy atom. The molecule has 3 fully saturated rings. The van der Waals surface area contributed by atoms with Crippen molar-refractivity contribution in [1.82, 2.24) is 9.88 Å². The first-order valence-corrected chi connectivity index (χ1v) is 6.02. The second-order valence-corrected chi connectivity index (χ2v) is 4.87. The van der Waals surface area contributed by atoms with Gasteiger partial charge in [0.15, 0.2) is 0 Å². The Morgan fingerprint density at radius 3 is 2.69 bits per heavy atom. The Kier molecular flexibility index (Phi) is 2.44. The summed E-state index contributed by atoms with van der Waals surface area (Å²) in [5.41, 5.74) is 6.34. The van der Waals surface area contributed by atoms with E-state index in [9.17, 15) is 0 Å². The van der Waals surface area contributed by atoms with Crippen LogP contribution in [0.3, 0.4) is 0 Å². The van der Waals surface area contributed by atoms with Gasteiger partial charge in [-0.15, -0.1) is 0 Å². The van der Waals surface area contributed by atoms with Gasteiger partial charge in [0.25, 0.3) is 0 Å². The van der Waals surface area contributed by atoms with Crippen LogP contribution in [0.5, 0.6) is 0 Å². The molecule has 0 aromatic carbocycles. The molecule has 4 heterocycles. The first-order valence-electron chi connectivity index (χ1n) is 6.02. The molecule has 3 aliphatic heterocycles. The molecule has 4 heteroatoms. The van der Waals surface area contributed by atoms with Crippen molar-refractivity contribution in [2.75, 3.05) is 30.7 Å². The van der Waals surface area contributed by atoms with E-state index < -0.39 is 0 Å². The van der Waals surface area contributed by atoms with Crippen LogP contribution in [0, 0.1) is 5.92 Å². The minimum Gasteiger partial charge on any atom is -0.397 e. The van der Waals surface area contributed by atoms with E-state index in [1.54, 1.807) is 6.20 Å². The number of anilines is 2. The first kappa shape index (κ1) is 9.90. The maximum Gasteiger partial charge on any atom is 0.126 e. The number of hydrogen-bond donors (Lipinski definition) is 2. The second kappa shape index (κ2) is 3.94. The Morgan fingerprint density at radius 2 is 2.12 bits per heavy atom. The van der Waals surface area contributed by atoms with E-state index in [-0.39, 0.29) is 0 Å². The lowest BCUT2D eigenvalue weighted by Gasteiger charge is -2.45. The molecule has 0 saturated carbocycles. The van der Waals surface area contributed by atoms with Crippen molar-refractivity contribution in [3.8, 4) is 0 Å². The molecule has 1 atom stereocenters. The number of nitrogens with zero attached hydrogens (tertiary/aromatic N) is 2. The Hall–Kier alpha value is -1.29. The number of fused-ring (bicyclic) bond motifs is 3. The van der Waals surface area contributed by atoms with Gasteiger partial charge in [-0.3, -0.25) is 0 Å². The molecule has 4 rings (SSSR count). The summed E-state index contributed by atoms with van der Waals surface area (Å²) in [7, 11) is 0. The van der Waals surface area contributed by atoms with Crippen molar-refractivity contribution >= 4 is 11.5 Å². The van der Waals surface area contributed by atoms with E-state index in [1.165, 1.54) is 25.9 Å². The number of aromatic nitrogens is 1. The lowest BCUT2D eigenvalue weighted by Crippen LogP contribution is -2.53. The molecule has 0 aliphatic carbocycles. The molecule has 0 radical (unpaired) electrons. The molecular weight excluding hydrogens is 200 g/mol. The second-order valence-electron chi connectivity index (χ2n) is 4.87. The highest BCUT2D eigenvalue weighted by molar-refractivity contribution is 5.44. The van der Waals surface area contributed by atoms with Crippen molar-refractivity contribution in [1.29, 1.82) is 0 Å². The number of nitrogen functional groups attached to an aromatic ring is 1. The van der Waals surface area contributed by atoms with Crippen LogP contribution in [0.2, 0.25) is 0 Å². The third-order valence-electron chi connectivity index (χ3n) is 3.78. The summed E-state index contributed by atoms with van der Waals surface area (Å²) < 4.78 is 0. The minimum atomic E-state index is 0.568. The molecule has 16 heavy (non-hydrogen) atoms. The number of hydrogen-bond acceptors (Lipinski definition) is 4. The van der Waals surface area contributed by atoms with Crippen LogP contribution in [0.15, 0.2) is 18.3 Å². The van der Waals surface area contributed by atoms with Gasteiger partial charge in [0, 0.05) is 12.6 Å². The van der Waals surface area contributed by atoms with E-state index in [0.717, 1.165) is 24.0 Å². The summed E-state index contributed by atoms with van der Waals surface area (Å²) in [5, 5.41) is 3.53. The van der Waals surface area contributed by atoms with Crippen LogP contribution in [-0.4, -0.2) is 35.6 Å². The molecule has 3 N–H and O–H groups in total. The fourth-order valence-corrected chi connectivity index (χ4v) is 2.81. The van der Waals surface area contributed by atoms with Gasteiger partial charge >= 0.3 is 0 Å². The standard InChI is InChI=1S/C12H18N4/c13-10-1-2-12(14-7-10)15-11-8-16-5-3-9(11)4-6-16/h1-2,7,9,11H,3-6,8,13H2,(H,14,15). The van der Waals surface area contributed by atoms with Gasteiger partial charge in [0.05, 0.1) is 11.9 Å². The van der Waals surface area contributed by atoms with Gasteiger partial charge in [-0.1, -0.05) is 0 Å². The van der Waals surface area contributed by atoms with Gasteiger partial charge in [0.1, 0.15) is 5.82 Å². The molecular formula is C12H18N4. The number of pyridine rings is 1. The molecule has 1 aromatic heterocycles. The lowest BCUT2D eigenvalue weighted by molar-refractivity contribution is 0.0974. The van der Waals surface area contributed by atoms with E-state index >= 15 is 0 Å². The maximum atomic E-state index is 5.62. The van der Waals surface area contributed by atoms with Gasteiger partial charge in [0.2, 0.25) is 0 Å². The topological polar surface area (TPSA) is 54.2 Å². The van der Waals surface area contributed by atoms with Crippen LogP contribution in [0.4, 0.5) is 11.5 Å². The number of rotatable bonds is 2. The van der Waals surface area contributed by atoms with Gasteiger partial charge in [-0.25, -0.2) is 4.98 Å². The average molecular weight is 218 g/mol. The first-order chi connectivity index (χ1) is 7.81.